The zero-order valence-electron chi connectivity index (χ0n) is 11.3. The van der Waals surface area contributed by atoms with Crippen molar-refractivity contribution >= 4 is 11.9 Å². The maximum absolute atomic E-state index is 12.2. The summed E-state index contributed by atoms with van der Waals surface area (Å²) in [7, 11) is 0. The lowest BCUT2D eigenvalue weighted by Gasteiger charge is -2.24. The van der Waals surface area contributed by atoms with Crippen molar-refractivity contribution in [2.45, 2.75) is 26.4 Å². The molecule has 1 amide bonds. The Labute approximate surface area is 113 Å². The number of carbonyl (C=O) groups excluding carboxylic acids is 1. The van der Waals surface area contributed by atoms with Crippen molar-refractivity contribution in [3.05, 3.63) is 12.2 Å². The van der Waals surface area contributed by atoms with E-state index in [0.29, 0.717) is 13.2 Å². The second kappa shape index (κ2) is 5.74. The first-order valence-electron chi connectivity index (χ1n) is 6.85. The lowest BCUT2D eigenvalue weighted by Crippen LogP contribution is -2.42. The smallest absolute Gasteiger partial charge is 0.307 e. The van der Waals surface area contributed by atoms with Crippen molar-refractivity contribution in [1.29, 1.82) is 0 Å². The molecule has 0 aromatic rings. The number of carboxylic acids is 1. The Morgan fingerprint density at radius 2 is 2.00 bits per heavy atom. The van der Waals surface area contributed by atoms with E-state index in [4.69, 9.17) is 4.74 Å². The lowest BCUT2D eigenvalue weighted by atomic mass is 9.82. The van der Waals surface area contributed by atoms with Crippen molar-refractivity contribution in [2.24, 2.45) is 23.7 Å². The van der Waals surface area contributed by atoms with Crippen LogP contribution < -0.4 is 5.32 Å². The fourth-order valence-electron chi connectivity index (χ4n) is 3.22. The Morgan fingerprint density at radius 1 is 1.37 bits per heavy atom. The highest BCUT2D eigenvalue weighted by atomic mass is 16.5. The predicted molar refractivity (Wildman–Crippen MR) is 69.5 cm³/mol. The molecule has 1 saturated carbocycles. The number of hydrogen-bond donors (Lipinski definition) is 2. The van der Waals surface area contributed by atoms with Gasteiger partial charge in [-0.15, -0.1) is 0 Å². The van der Waals surface area contributed by atoms with E-state index in [-0.39, 0.29) is 23.8 Å². The summed E-state index contributed by atoms with van der Waals surface area (Å²) in [5.74, 6) is -1.93. The van der Waals surface area contributed by atoms with E-state index in [9.17, 15) is 14.7 Å². The van der Waals surface area contributed by atoms with E-state index in [1.165, 1.54) is 0 Å². The van der Waals surface area contributed by atoms with Gasteiger partial charge in [-0.3, -0.25) is 9.59 Å². The second-order valence-corrected chi connectivity index (χ2v) is 5.35. The highest BCUT2D eigenvalue weighted by Gasteiger charge is 2.51. The van der Waals surface area contributed by atoms with Gasteiger partial charge in [0.2, 0.25) is 5.91 Å². The summed E-state index contributed by atoms with van der Waals surface area (Å²) in [5, 5.41) is 12.1. The van der Waals surface area contributed by atoms with Crippen LogP contribution in [0.1, 0.15) is 20.3 Å². The average molecular weight is 267 g/mol. The van der Waals surface area contributed by atoms with Gasteiger partial charge in [-0.05, 0) is 32.1 Å². The van der Waals surface area contributed by atoms with Crippen LogP contribution in [-0.2, 0) is 14.3 Å². The molecule has 0 aromatic carbocycles. The quantitative estimate of drug-likeness (QED) is 0.705. The fourth-order valence-corrected chi connectivity index (χ4v) is 3.22. The Balaban J connectivity index is 1.95. The number of nitrogens with one attached hydrogen (secondary N) is 1. The molecule has 0 aromatic heterocycles. The zero-order valence-corrected chi connectivity index (χ0v) is 11.3. The van der Waals surface area contributed by atoms with Crippen molar-refractivity contribution in [3.8, 4) is 0 Å². The van der Waals surface area contributed by atoms with Crippen molar-refractivity contribution in [2.75, 3.05) is 13.2 Å². The van der Waals surface area contributed by atoms with E-state index >= 15 is 0 Å². The third-order valence-corrected chi connectivity index (χ3v) is 4.06. The van der Waals surface area contributed by atoms with Crippen LogP contribution in [0.15, 0.2) is 12.2 Å². The van der Waals surface area contributed by atoms with Crippen LogP contribution in [-0.4, -0.2) is 36.2 Å². The van der Waals surface area contributed by atoms with Crippen LogP contribution in [0.25, 0.3) is 0 Å². The highest BCUT2D eigenvalue weighted by Crippen LogP contribution is 2.48. The van der Waals surface area contributed by atoms with E-state index in [0.717, 1.165) is 6.42 Å². The molecule has 2 bridgehead atoms. The number of fused-ring (bicyclic) bond motifs is 2. The van der Waals surface area contributed by atoms with Crippen LogP contribution in [0.4, 0.5) is 0 Å². The van der Waals surface area contributed by atoms with Crippen LogP contribution in [0.5, 0.6) is 0 Å². The molecule has 5 nitrogen and oxygen atoms in total. The van der Waals surface area contributed by atoms with Gasteiger partial charge in [-0.2, -0.15) is 0 Å². The maximum Gasteiger partial charge on any atom is 0.307 e. The summed E-state index contributed by atoms with van der Waals surface area (Å²) in [4.78, 5) is 23.5. The minimum Gasteiger partial charge on any atom is -0.481 e. The summed E-state index contributed by atoms with van der Waals surface area (Å²) in [5.41, 5.74) is 0. The summed E-state index contributed by atoms with van der Waals surface area (Å²) < 4.78 is 5.35. The van der Waals surface area contributed by atoms with Crippen LogP contribution in [0.3, 0.4) is 0 Å². The molecular weight excluding hydrogens is 246 g/mol. The molecule has 2 aliphatic carbocycles. The Kier molecular flexibility index (Phi) is 4.24. The van der Waals surface area contributed by atoms with E-state index in [1.54, 1.807) is 0 Å². The molecule has 5 atom stereocenters. The molecule has 0 heterocycles. The first kappa shape index (κ1) is 14.1. The monoisotopic (exact) mass is 267 g/mol. The normalized spacial score (nSPS) is 33.4. The molecule has 106 valence electrons. The number of carboxylic acid groups (broad SMARTS) is 1. The summed E-state index contributed by atoms with van der Waals surface area (Å²) >= 11 is 0. The summed E-state index contributed by atoms with van der Waals surface area (Å²) in [6, 6.07) is 0. The van der Waals surface area contributed by atoms with Crippen molar-refractivity contribution in [1.82, 2.24) is 5.32 Å². The molecule has 0 saturated heterocycles. The van der Waals surface area contributed by atoms with Crippen molar-refractivity contribution < 1.29 is 19.4 Å². The predicted octanol–water partition coefficient (Wildman–Crippen LogP) is 1.05. The van der Waals surface area contributed by atoms with Gasteiger partial charge >= 0.3 is 5.97 Å². The first-order valence-corrected chi connectivity index (χ1v) is 6.85. The molecular formula is C14H21NO4. The first-order chi connectivity index (χ1) is 9.04. The molecule has 0 aliphatic heterocycles. The van der Waals surface area contributed by atoms with E-state index in [1.807, 2.05) is 26.0 Å². The molecule has 1 fully saturated rings. The van der Waals surface area contributed by atoms with Gasteiger partial charge in [0.1, 0.15) is 0 Å². The van der Waals surface area contributed by atoms with Gasteiger partial charge in [0.25, 0.3) is 0 Å². The molecule has 3 unspecified atom stereocenters. The molecule has 2 rings (SSSR count). The number of carbonyl (C=O) groups is 2. The van der Waals surface area contributed by atoms with Gasteiger partial charge < -0.3 is 15.2 Å². The third-order valence-electron chi connectivity index (χ3n) is 4.06. The highest BCUT2D eigenvalue weighted by molar-refractivity contribution is 5.86. The van der Waals surface area contributed by atoms with Gasteiger partial charge in [-0.1, -0.05) is 12.2 Å². The van der Waals surface area contributed by atoms with Crippen LogP contribution in [0.2, 0.25) is 0 Å². The topological polar surface area (TPSA) is 75.6 Å². The number of hydrogen-bond acceptors (Lipinski definition) is 3. The third kappa shape index (κ3) is 2.81. The molecule has 0 radical (unpaired) electrons. The minimum absolute atomic E-state index is 0.0163. The SMILES string of the molecule is CCOC(C)CNC(=O)[C@H]1C2C=CC(C2)[C@H]1C(=O)O. The zero-order chi connectivity index (χ0) is 14.0. The molecule has 2 aliphatic rings. The fraction of sp³-hybridized carbons (Fsp3) is 0.714. The van der Waals surface area contributed by atoms with Gasteiger partial charge in [0.05, 0.1) is 17.9 Å². The molecule has 2 N–H and O–H groups in total. The van der Waals surface area contributed by atoms with Crippen LogP contribution in [0, 0.1) is 23.7 Å². The number of aliphatic carboxylic acids is 1. The Bertz CT molecular complexity index is 393. The summed E-state index contributed by atoms with van der Waals surface area (Å²) in [6.07, 6.45) is 4.67. The average Bonchev–Trinajstić information content (AvgIpc) is 2.96. The maximum atomic E-state index is 12.2. The summed E-state index contributed by atoms with van der Waals surface area (Å²) in [6.45, 7) is 4.82. The number of allylic oxidation sites excluding steroid dienone is 2. The molecule has 19 heavy (non-hydrogen) atoms. The number of amides is 1. The molecule has 0 spiro atoms. The second-order valence-electron chi connectivity index (χ2n) is 5.35. The largest absolute Gasteiger partial charge is 0.481 e. The van der Waals surface area contributed by atoms with Gasteiger partial charge in [-0.25, -0.2) is 0 Å². The molecule has 5 heteroatoms. The number of ether oxygens (including phenoxy) is 1. The van der Waals surface area contributed by atoms with Crippen molar-refractivity contribution in [3.63, 3.8) is 0 Å². The van der Waals surface area contributed by atoms with Gasteiger partial charge in [0.15, 0.2) is 0 Å². The van der Waals surface area contributed by atoms with E-state index < -0.39 is 17.8 Å². The van der Waals surface area contributed by atoms with E-state index in [2.05, 4.69) is 5.32 Å². The number of rotatable bonds is 6. The Morgan fingerprint density at radius 3 is 2.58 bits per heavy atom. The standard InChI is InChI=1S/C14H21NO4/c1-3-19-8(2)7-15-13(16)11-9-4-5-10(6-9)12(11)14(17)18/h4-5,8-12H,3,6-7H2,1-2H3,(H,15,16)(H,17,18)/t8?,9?,10?,11-,12+/m0/s1. The van der Waals surface area contributed by atoms with Crippen LogP contribution >= 0.6 is 0 Å². The lowest BCUT2D eigenvalue weighted by molar-refractivity contribution is -0.147. The minimum atomic E-state index is -0.866. The Hall–Kier alpha value is -1.36. The van der Waals surface area contributed by atoms with Gasteiger partial charge in [0, 0.05) is 13.2 Å².